The minimum Gasteiger partial charge on any atom is -0.462 e. The number of hydrogen-bond donors (Lipinski definition) is 0. The van der Waals surface area contributed by atoms with E-state index >= 15 is 0 Å². The van der Waals surface area contributed by atoms with E-state index in [1.807, 2.05) is 63.2 Å². The number of benzene rings is 2. The minimum absolute atomic E-state index is 0.186. The molecule has 5 heteroatoms. The standard InChI is InChI=1S/C22H28N2O3.C2H6/c1-6-24(7-2)17-11-9-16(10-12-17)21(25)19-14-13-18(23(4)5)15-20(19)22(26)27-8-3;1-2/h9-15H,6-8H2,1-5H3;1-2H3. The molecule has 0 aliphatic carbocycles. The number of ketones is 1. The lowest BCUT2D eigenvalue weighted by Crippen LogP contribution is -2.21. The molecule has 0 saturated carbocycles. The predicted molar refractivity (Wildman–Crippen MR) is 122 cm³/mol. The highest BCUT2D eigenvalue weighted by atomic mass is 16.5. The van der Waals surface area contributed by atoms with Crippen LogP contribution in [0.15, 0.2) is 42.5 Å². The number of carbonyl (C=O) groups excluding carboxylic acids is 2. The molecule has 5 nitrogen and oxygen atoms in total. The van der Waals surface area contributed by atoms with Crippen LogP contribution >= 0.6 is 0 Å². The molecule has 158 valence electrons. The van der Waals surface area contributed by atoms with E-state index < -0.39 is 5.97 Å². The Kier molecular flexibility index (Phi) is 9.93. The molecule has 0 aromatic heterocycles. The maximum Gasteiger partial charge on any atom is 0.338 e. The second kappa shape index (κ2) is 11.9. The van der Waals surface area contributed by atoms with Crippen LogP contribution in [0.1, 0.15) is 60.9 Å². The van der Waals surface area contributed by atoms with Gasteiger partial charge in [-0.25, -0.2) is 4.79 Å². The zero-order chi connectivity index (χ0) is 22.0. The molecule has 0 aliphatic rings. The van der Waals surface area contributed by atoms with Gasteiger partial charge in [0.2, 0.25) is 0 Å². The molecular weight excluding hydrogens is 364 g/mol. The molecule has 0 atom stereocenters. The second-order valence-corrected chi connectivity index (χ2v) is 6.39. The Bertz CT molecular complexity index is 794. The Morgan fingerprint density at radius 2 is 1.38 bits per heavy atom. The van der Waals surface area contributed by atoms with Crippen LogP contribution in [0, 0.1) is 0 Å². The molecule has 0 N–H and O–H groups in total. The van der Waals surface area contributed by atoms with Crippen molar-refractivity contribution in [1.82, 2.24) is 0 Å². The van der Waals surface area contributed by atoms with Crippen molar-refractivity contribution in [1.29, 1.82) is 0 Å². The predicted octanol–water partition coefficient (Wildman–Crippen LogP) is 5.03. The van der Waals surface area contributed by atoms with Gasteiger partial charge in [0.25, 0.3) is 0 Å². The SMILES string of the molecule is CC.CCOC(=O)c1cc(N(C)C)ccc1C(=O)c1ccc(N(CC)CC)cc1. The first kappa shape index (κ1) is 24.2. The summed E-state index contributed by atoms with van der Waals surface area (Å²) in [6.45, 7) is 12.0. The number of carbonyl (C=O) groups is 2. The van der Waals surface area contributed by atoms with E-state index in [4.69, 9.17) is 4.74 Å². The van der Waals surface area contributed by atoms with Gasteiger partial charge in [-0.1, -0.05) is 13.8 Å². The Hall–Kier alpha value is -2.82. The number of rotatable bonds is 8. The summed E-state index contributed by atoms with van der Waals surface area (Å²) < 4.78 is 5.15. The van der Waals surface area contributed by atoms with Crippen LogP contribution in [0.4, 0.5) is 11.4 Å². The zero-order valence-corrected chi connectivity index (χ0v) is 18.8. The summed E-state index contributed by atoms with van der Waals surface area (Å²) in [6, 6.07) is 12.7. The van der Waals surface area contributed by atoms with E-state index in [9.17, 15) is 9.59 Å². The van der Waals surface area contributed by atoms with Crippen molar-refractivity contribution in [3.63, 3.8) is 0 Å². The van der Waals surface area contributed by atoms with Crippen molar-refractivity contribution < 1.29 is 14.3 Å². The lowest BCUT2D eigenvalue weighted by Gasteiger charge is -2.21. The number of anilines is 2. The van der Waals surface area contributed by atoms with Crippen LogP contribution in [0.5, 0.6) is 0 Å². The molecule has 0 aliphatic heterocycles. The third-order valence-corrected chi connectivity index (χ3v) is 4.52. The second-order valence-electron chi connectivity index (χ2n) is 6.39. The Morgan fingerprint density at radius 1 is 0.828 bits per heavy atom. The topological polar surface area (TPSA) is 49.9 Å². The van der Waals surface area contributed by atoms with E-state index in [2.05, 4.69) is 18.7 Å². The fraction of sp³-hybridized carbons (Fsp3) is 0.417. The normalized spacial score (nSPS) is 9.90. The molecule has 0 unspecified atom stereocenters. The summed E-state index contributed by atoms with van der Waals surface area (Å²) in [5.41, 5.74) is 3.11. The number of esters is 1. The number of ether oxygens (including phenoxy) is 1. The van der Waals surface area contributed by atoms with Crippen LogP contribution < -0.4 is 9.80 Å². The van der Waals surface area contributed by atoms with Gasteiger partial charge in [0, 0.05) is 49.7 Å². The average Bonchev–Trinajstić information content (AvgIpc) is 2.75. The van der Waals surface area contributed by atoms with Crippen molar-refractivity contribution in [2.75, 3.05) is 43.6 Å². The molecule has 0 heterocycles. The lowest BCUT2D eigenvalue weighted by molar-refractivity contribution is 0.0523. The fourth-order valence-electron chi connectivity index (χ4n) is 2.95. The Morgan fingerprint density at radius 3 is 1.86 bits per heavy atom. The molecule has 2 aromatic carbocycles. The third kappa shape index (κ3) is 6.08. The lowest BCUT2D eigenvalue weighted by atomic mass is 9.97. The van der Waals surface area contributed by atoms with E-state index in [0.29, 0.717) is 16.7 Å². The monoisotopic (exact) mass is 398 g/mol. The molecule has 0 saturated heterocycles. The number of nitrogens with zero attached hydrogens (tertiary/aromatic N) is 2. The average molecular weight is 399 g/mol. The molecule has 2 rings (SSSR count). The molecule has 0 radical (unpaired) electrons. The molecular formula is C24H34N2O3. The third-order valence-electron chi connectivity index (χ3n) is 4.52. The van der Waals surface area contributed by atoms with Gasteiger partial charge in [-0.3, -0.25) is 4.79 Å². The summed E-state index contributed by atoms with van der Waals surface area (Å²) in [6.07, 6.45) is 0. The van der Waals surface area contributed by atoms with Crippen LogP contribution in [0.2, 0.25) is 0 Å². The van der Waals surface area contributed by atoms with Crippen LogP contribution in [-0.2, 0) is 4.74 Å². The largest absolute Gasteiger partial charge is 0.462 e. The van der Waals surface area contributed by atoms with E-state index in [-0.39, 0.29) is 12.4 Å². The van der Waals surface area contributed by atoms with Crippen LogP contribution in [0.3, 0.4) is 0 Å². The van der Waals surface area contributed by atoms with Crippen LogP contribution in [0.25, 0.3) is 0 Å². The molecule has 0 fully saturated rings. The first-order valence-electron chi connectivity index (χ1n) is 10.3. The summed E-state index contributed by atoms with van der Waals surface area (Å²) in [7, 11) is 3.77. The van der Waals surface area contributed by atoms with E-state index in [1.165, 1.54) is 0 Å². The van der Waals surface area contributed by atoms with Crippen molar-refractivity contribution in [2.45, 2.75) is 34.6 Å². The van der Waals surface area contributed by atoms with Gasteiger partial charge < -0.3 is 14.5 Å². The van der Waals surface area contributed by atoms with Gasteiger partial charge in [-0.2, -0.15) is 0 Å². The van der Waals surface area contributed by atoms with Crippen molar-refractivity contribution in [2.24, 2.45) is 0 Å². The maximum absolute atomic E-state index is 13.0. The van der Waals surface area contributed by atoms with Crippen LogP contribution in [-0.4, -0.2) is 45.5 Å². The van der Waals surface area contributed by atoms with E-state index in [1.54, 1.807) is 19.1 Å². The molecule has 29 heavy (non-hydrogen) atoms. The molecule has 0 amide bonds. The quantitative estimate of drug-likeness (QED) is 0.461. The van der Waals surface area contributed by atoms with Crippen molar-refractivity contribution >= 4 is 23.1 Å². The first-order chi connectivity index (χ1) is 13.9. The minimum atomic E-state index is -0.482. The highest BCUT2D eigenvalue weighted by Crippen LogP contribution is 2.23. The van der Waals surface area contributed by atoms with Gasteiger partial charge >= 0.3 is 5.97 Å². The fourth-order valence-corrected chi connectivity index (χ4v) is 2.95. The van der Waals surface area contributed by atoms with E-state index in [0.717, 1.165) is 24.5 Å². The summed E-state index contributed by atoms with van der Waals surface area (Å²) >= 11 is 0. The smallest absolute Gasteiger partial charge is 0.338 e. The summed E-state index contributed by atoms with van der Waals surface area (Å²) in [5, 5.41) is 0. The summed E-state index contributed by atoms with van der Waals surface area (Å²) in [5.74, 6) is -0.668. The number of hydrogen-bond acceptors (Lipinski definition) is 5. The first-order valence-corrected chi connectivity index (χ1v) is 10.3. The Balaban J connectivity index is 0.00000204. The molecule has 0 bridgehead atoms. The van der Waals surface area contributed by atoms with Crippen molar-refractivity contribution in [3.05, 3.63) is 59.2 Å². The van der Waals surface area contributed by atoms with Gasteiger partial charge in [-0.05, 0) is 63.2 Å². The van der Waals surface area contributed by atoms with Crippen molar-refractivity contribution in [3.8, 4) is 0 Å². The highest BCUT2D eigenvalue weighted by molar-refractivity contribution is 6.15. The van der Waals surface area contributed by atoms with Gasteiger partial charge in [0.1, 0.15) is 0 Å². The summed E-state index contributed by atoms with van der Waals surface area (Å²) in [4.78, 5) is 29.5. The Labute approximate surface area is 175 Å². The van der Waals surface area contributed by atoms with Gasteiger partial charge in [-0.15, -0.1) is 0 Å². The molecule has 0 spiro atoms. The highest BCUT2D eigenvalue weighted by Gasteiger charge is 2.20. The van der Waals surface area contributed by atoms with Gasteiger partial charge in [0.05, 0.1) is 12.2 Å². The maximum atomic E-state index is 13.0. The van der Waals surface area contributed by atoms with Gasteiger partial charge in [0.15, 0.2) is 5.78 Å². The molecule has 2 aromatic rings. The zero-order valence-electron chi connectivity index (χ0n) is 18.8.